The van der Waals surface area contributed by atoms with E-state index in [-0.39, 0.29) is 22.4 Å². The first-order chi connectivity index (χ1) is 7.22. The van der Waals surface area contributed by atoms with E-state index >= 15 is 0 Å². The van der Waals surface area contributed by atoms with Crippen LogP contribution in [0.3, 0.4) is 0 Å². The summed E-state index contributed by atoms with van der Waals surface area (Å²) in [5.74, 6) is -0.454. The SMILES string of the molecule is O=C1CC([SH]2C=CC=C2)CC(=O)C1=CO. The first-order valence-corrected chi connectivity index (χ1v) is 6.30. The van der Waals surface area contributed by atoms with E-state index in [1.807, 2.05) is 12.2 Å². The molecule has 1 aliphatic heterocycles. The fourth-order valence-corrected chi connectivity index (χ4v) is 3.76. The van der Waals surface area contributed by atoms with Crippen molar-refractivity contribution in [2.24, 2.45) is 0 Å². The van der Waals surface area contributed by atoms with E-state index in [9.17, 15) is 9.59 Å². The van der Waals surface area contributed by atoms with Gasteiger partial charge in [0.25, 0.3) is 0 Å². The number of carbonyl (C=O) groups excluding carboxylic acids is 2. The minimum atomic E-state index is -0.452. The molecule has 0 spiro atoms. The van der Waals surface area contributed by atoms with Gasteiger partial charge in [0.1, 0.15) is 0 Å². The maximum atomic E-state index is 11.5. The quantitative estimate of drug-likeness (QED) is 0.309. The first-order valence-electron chi connectivity index (χ1n) is 4.75. The van der Waals surface area contributed by atoms with Crippen molar-refractivity contribution >= 4 is 22.5 Å². The second-order valence-electron chi connectivity index (χ2n) is 3.58. The highest BCUT2D eigenvalue weighted by Gasteiger charge is 2.32. The van der Waals surface area contributed by atoms with Crippen LogP contribution >= 0.6 is 10.9 Å². The molecule has 1 heterocycles. The average Bonchev–Trinajstić information content (AvgIpc) is 2.69. The average molecular weight is 224 g/mol. The van der Waals surface area contributed by atoms with Gasteiger partial charge in [-0.3, -0.25) is 9.59 Å². The van der Waals surface area contributed by atoms with Crippen LogP contribution in [0.4, 0.5) is 0 Å². The molecule has 1 saturated carbocycles. The summed E-state index contributed by atoms with van der Waals surface area (Å²) in [6.45, 7) is 0. The molecule has 0 aromatic heterocycles. The normalized spacial score (nSPS) is 27.6. The van der Waals surface area contributed by atoms with Crippen LogP contribution in [0.5, 0.6) is 0 Å². The number of Topliss-reactive ketones (excluding diaryl/α,β-unsaturated/α-hetero) is 2. The summed E-state index contributed by atoms with van der Waals surface area (Å²) in [4.78, 5) is 23.0. The third-order valence-electron chi connectivity index (χ3n) is 2.62. The number of aliphatic hydroxyl groups excluding tert-OH is 1. The fraction of sp³-hybridized carbons (Fsp3) is 0.273. The van der Waals surface area contributed by atoms with Gasteiger partial charge in [-0.15, -0.1) is 0 Å². The van der Waals surface area contributed by atoms with Crippen LogP contribution in [0.25, 0.3) is 0 Å². The van der Waals surface area contributed by atoms with Crippen LogP contribution in [0.2, 0.25) is 0 Å². The lowest BCUT2D eigenvalue weighted by atomic mass is 9.93. The van der Waals surface area contributed by atoms with E-state index in [1.54, 1.807) is 0 Å². The van der Waals surface area contributed by atoms with Gasteiger partial charge < -0.3 is 5.11 Å². The van der Waals surface area contributed by atoms with Crippen LogP contribution in [-0.4, -0.2) is 21.9 Å². The minimum absolute atomic E-state index is 0.0339. The molecule has 2 aliphatic rings. The van der Waals surface area contributed by atoms with E-state index in [2.05, 4.69) is 10.8 Å². The smallest absolute Gasteiger partial charge is 0.170 e. The van der Waals surface area contributed by atoms with Crippen molar-refractivity contribution < 1.29 is 14.7 Å². The van der Waals surface area contributed by atoms with Crippen LogP contribution in [0.15, 0.2) is 34.8 Å². The number of thiol groups is 1. The van der Waals surface area contributed by atoms with Crippen molar-refractivity contribution in [2.75, 3.05) is 0 Å². The summed E-state index contributed by atoms with van der Waals surface area (Å²) in [5, 5.41) is 13.0. The standard InChI is InChI=1S/C11H12O3S/c12-7-9-10(13)5-8(6-11(9)14)15-3-1-2-4-15/h1-4,7-8,12,15H,5-6H2. The second-order valence-corrected chi connectivity index (χ2v) is 5.80. The predicted molar refractivity (Wildman–Crippen MR) is 61.0 cm³/mol. The monoisotopic (exact) mass is 224 g/mol. The van der Waals surface area contributed by atoms with E-state index in [1.165, 1.54) is 0 Å². The van der Waals surface area contributed by atoms with Crippen molar-refractivity contribution in [3.8, 4) is 0 Å². The maximum absolute atomic E-state index is 11.5. The van der Waals surface area contributed by atoms with Gasteiger partial charge in [0.2, 0.25) is 0 Å². The Hall–Kier alpha value is -1.29. The number of hydrogen-bond donors (Lipinski definition) is 2. The zero-order valence-corrected chi connectivity index (χ0v) is 8.98. The molecule has 0 aromatic rings. The number of aliphatic hydroxyl groups is 1. The Bertz CT molecular complexity index is 361. The topological polar surface area (TPSA) is 54.4 Å². The zero-order valence-electron chi connectivity index (χ0n) is 8.09. The predicted octanol–water partition coefficient (Wildman–Crippen LogP) is 1.77. The number of carbonyl (C=O) groups is 2. The van der Waals surface area contributed by atoms with Gasteiger partial charge in [0, 0.05) is 18.1 Å². The molecule has 0 amide bonds. The van der Waals surface area contributed by atoms with Gasteiger partial charge in [-0.05, 0) is 10.8 Å². The molecule has 0 bridgehead atoms. The Balaban J connectivity index is 2.14. The van der Waals surface area contributed by atoms with Gasteiger partial charge in [-0.2, -0.15) is 0 Å². The highest BCUT2D eigenvalue weighted by Crippen LogP contribution is 2.43. The number of ketones is 2. The summed E-state index contributed by atoms with van der Waals surface area (Å²) >= 11 is 0. The molecular weight excluding hydrogens is 212 g/mol. The molecule has 0 saturated heterocycles. The zero-order chi connectivity index (χ0) is 10.8. The molecule has 15 heavy (non-hydrogen) atoms. The largest absolute Gasteiger partial charge is 0.515 e. The van der Waals surface area contributed by atoms with E-state index in [4.69, 9.17) is 5.11 Å². The van der Waals surface area contributed by atoms with Crippen molar-refractivity contribution in [3.05, 3.63) is 34.8 Å². The van der Waals surface area contributed by atoms with E-state index in [0.717, 1.165) is 0 Å². The Morgan fingerprint density at radius 2 is 1.73 bits per heavy atom. The molecule has 0 unspecified atom stereocenters. The van der Waals surface area contributed by atoms with Gasteiger partial charge >= 0.3 is 0 Å². The Labute approximate surface area is 90.5 Å². The van der Waals surface area contributed by atoms with Gasteiger partial charge in [0.05, 0.1) is 11.8 Å². The third-order valence-corrected chi connectivity index (χ3v) is 4.86. The van der Waals surface area contributed by atoms with Gasteiger partial charge in [0.15, 0.2) is 11.6 Å². The molecule has 80 valence electrons. The molecule has 0 radical (unpaired) electrons. The van der Waals surface area contributed by atoms with Crippen molar-refractivity contribution in [1.29, 1.82) is 0 Å². The highest BCUT2D eigenvalue weighted by atomic mass is 32.2. The molecule has 1 fully saturated rings. The van der Waals surface area contributed by atoms with Crippen LogP contribution < -0.4 is 0 Å². The molecule has 0 aromatic carbocycles. The molecular formula is C11H12O3S. The Morgan fingerprint density at radius 1 is 1.20 bits per heavy atom. The van der Waals surface area contributed by atoms with Crippen LogP contribution in [0.1, 0.15) is 12.8 Å². The summed E-state index contributed by atoms with van der Waals surface area (Å²) in [6.07, 6.45) is 5.31. The first kappa shape index (κ1) is 10.2. The summed E-state index contributed by atoms with van der Waals surface area (Å²) in [7, 11) is -0.452. The fourth-order valence-electron chi connectivity index (χ4n) is 1.82. The summed E-state index contributed by atoms with van der Waals surface area (Å²) in [6, 6.07) is 0. The van der Waals surface area contributed by atoms with Crippen molar-refractivity contribution in [2.45, 2.75) is 18.1 Å². The minimum Gasteiger partial charge on any atom is -0.515 e. The highest BCUT2D eigenvalue weighted by molar-refractivity contribution is 8.22. The van der Waals surface area contributed by atoms with Crippen molar-refractivity contribution in [1.82, 2.24) is 0 Å². The molecule has 4 heteroatoms. The van der Waals surface area contributed by atoms with E-state index in [0.29, 0.717) is 19.1 Å². The number of hydrogen-bond acceptors (Lipinski definition) is 3. The molecule has 0 atom stereocenters. The van der Waals surface area contributed by atoms with Gasteiger partial charge in [-0.1, -0.05) is 12.2 Å². The van der Waals surface area contributed by atoms with Crippen LogP contribution in [-0.2, 0) is 9.59 Å². The molecule has 2 rings (SSSR count). The lowest BCUT2D eigenvalue weighted by Crippen LogP contribution is -2.28. The lowest BCUT2D eigenvalue weighted by Gasteiger charge is -2.27. The summed E-state index contributed by atoms with van der Waals surface area (Å²) < 4.78 is 0. The molecule has 3 nitrogen and oxygen atoms in total. The number of allylic oxidation sites excluding steroid dienone is 3. The second kappa shape index (κ2) is 4.06. The Morgan fingerprint density at radius 3 is 2.20 bits per heavy atom. The number of rotatable bonds is 1. The van der Waals surface area contributed by atoms with Crippen LogP contribution in [0, 0.1) is 0 Å². The van der Waals surface area contributed by atoms with E-state index < -0.39 is 10.9 Å². The lowest BCUT2D eigenvalue weighted by molar-refractivity contribution is -0.123. The Kier molecular flexibility index (Phi) is 2.77. The summed E-state index contributed by atoms with van der Waals surface area (Å²) in [5.41, 5.74) is -0.0339. The molecule has 1 N–H and O–H groups in total. The maximum Gasteiger partial charge on any atom is 0.170 e. The van der Waals surface area contributed by atoms with Gasteiger partial charge in [-0.25, -0.2) is 10.9 Å². The third kappa shape index (κ3) is 1.90. The molecule has 1 aliphatic carbocycles. The van der Waals surface area contributed by atoms with Crippen molar-refractivity contribution in [3.63, 3.8) is 0 Å².